The summed E-state index contributed by atoms with van der Waals surface area (Å²) in [5.74, 6) is 0.0467. The van der Waals surface area contributed by atoms with Crippen LogP contribution in [0.5, 0.6) is 0 Å². The molecule has 0 saturated carbocycles. The molecule has 1 saturated heterocycles. The van der Waals surface area contributed by atoms with Gasteiger partial charge in [0.1, 0.15) is 10.7 Å². The van der Waals surface area contributed by atoms with Gasteiger partial charge in [-0.2, -0.15) is 5.10 Å². The highest BCUT2D eigenvalue weighted by Crippen LogP contribution is 2.26. The zero-order valence-corrected chi connectivity index (χ0v) is 18.7. The summed E-state index contributed by atoms with van der Waals surface area (Å²) in [6.07, 6.45) is 0. The van der Waals surface area contributed by atoms with Crippen molar-refractivity contribution in [2.45, 2.75) is 10.8 Å². The van der Waals surface area contributed by atoms with E-state index in [-0.39, 0.29) is 10.6 Å². The van der Waals surface area contributed by atoms with Gasteiger partial charge in [0.05, 0.1) is 35.4 Å². The molecule has 0 bridgehead atoms. The first kappa shape index (κ1) is 22.2. The predicted octanol–water partition coefficient (Wildman–Crippen LogP) is 1.98. The average molecular weight is 471 g/mol. The van der Waals surface area contributed by atoms with Gasteiger partial charge in [-0.25, -0.2) is 18.5 Å². The number of morpholine rings is 1. The Morgan fingerprint density at radius 2 is 1.78 bits per heavy atom. The number of nitrogens with two attached hydrogens (primary N) is 1. The molecule has 11 heteroatoms. The van der Waals surface area contributed by atoms with Crippen LogP contribution in [-0.2, 0) is 14.8 Å². The number of hydrazone groups is 1. The van der Waals surface area contributed by atoms with E-state index in [1.54, 1.807) is 12.1 Å². The summed E-state index contributed by atoms with van der Waals surface area (Å²) in [7, 11) is -3.78. The normalized spacial score (nSPS) is 20.9. The van der Waals surface area contributed by atoms with Crippen molar-refractivity contribution in [2.75, 3.05) is 31.7 Å². The molecule has 2 aliphatic heterocycles. The number of amidine groups is 1. The second-order valence-corrected chi connectivity index (χ2v) is 9.25. The van der Waals surface area contributed by atoms with Crippen LogP contribution in [0.4, 0.5) is 5.69 Å². The fraction of sp³-hybridized carbons (Fsp3) is 0.238. The summed E-state index contributed by atoms with van der Waals surface area (Å²) < 4.78 is 28.4. The second-order valence-electron chi connectivity index (χ2n) is 7.27. The number of aliphatic imine (C=N–C) groups is 1. The third-order valence-electron chi connectivity index (χ3n) is 5.14. The smallest absolute Gasteiger partial charge is 0.238 e. The molecule has 4 N–H and O–H groups in total. The quantitative estimate of drug-likeness (QED) is 0.462. The predicted molar refractivity (Wildman–Crippen MR) is 128 cm³/mol. The Labute approximate surface area is 191 Å². The lowest BCUT2D eigenvalue weighted by atomic mass is 9.88. The van der Waals surface area contributed by atoms with Crippen LogP contribution in [0, 0.1) is 5.41 Å². The summed E-state index contributed by atoms with van der Waals surface area (Å²) >= 11 is 5.58. The Morgan fingerprint density at radius 1 is 1.12 bits per heavy atom. The van der Waals surface area contributed by atoms with Gasteiger partial charge in [-0.05, 0) is 29.8 Å². The second kappa shape index (κ2) is 9.25. The number of hydrogen-bond donors (Lipinski definition) is 3. The van der Waals surface area contributed by atoms with Gasteiger partial charge in [0.25, 0.3) is 0 Å². The van der Waals surface area contributed by atoms with Crippen LogP contribution in [0.1, 0.15) is 11.5 Å². The maximum atomic E-state index is 11.5. The maximum Gasteiger partial charge on any atom is 0.238 e. The lowest BCUT2D eigenvalue weighted by Crippen LogP contribution is -2.50. The molecular formula is C21H22N6O3S2. The number of thiocarbonyl (C=S) groups is 1. The molecule has 0 amide bonds. The molecule has 0 radical (unpaired) electrons. The summed E-state index contributed by atoms with van der Waals surface area (Å²) in [5, 5.41) is 18.5. The van der Waals surface area contributed by atoms with E-state index < -0.39 is 15.9 Å². The number of ether oxygens (including phenoxy) is 1. The molecule has 32 heavy (non-hydrogen) atoms. The van der Waals surface area contributed by atoms with E-state index in [0.29, 0.717) is 48.5 Å². The Morgan fingerprint density at radius 3 is 2.41 bits per heavy atom. The molecule has 1 unspecified atom stereocenters. The van der Waals surface area contributed by atoms with Crippen molar-refractivity contribution in [3.05, 3.63) is 60.2 Å². The molecule has 4 rings (SSSR count). The number of anilines is 1. The van der Waals surface area contributed by atoms with Gasteiger partial charge >= 0.3 is 0 Å². The first-order valence-electron chi connectivity index (χ1n) is 9.90. The number of nitrogens with zero attached hydrogens (tertiary/aromatic N) is 3. The average Bonchev–Trinajstić information content (AvgIpc) is 2.79. The number of primary sulfonamides is 1. The molecule has 1 fully saturated rings. The van der Waals surface area contributed by atoms with E-state index >= 15 is 0 Å². The molecule has 2 aromatic carbocycles. The lowest BCUT2D eigenvalue weighted by molar-refractivity contribution is 0.0689. The standard InChI is InChI=1S/C21H22N6O3S2/c22-18-17(14-4-2-1-3-5-14)21(31)24-20(27-10-12-30-13-11-27)19(18)26-25-15-6-8-16(9-7-15)32(23,28)29/h1-9,17,22,25H,10-13H2,(H2,23,28,29)/b22-18?,26-19+. The topological polar surface area (TPSA) is 133 Å². The Kier molecular flexibility index (Phi) is 6.42. The molecule has 2 aromatic rings. The Balaban J connectivity index is 1.68. The molecule has 0 aliphatic carbocycles. The molecular weight excluding hydrogens is 448 g/mol. The van der Waals surface area contributed by atoms with E-state index in [1.807, 2.05) is 35.2 Å². The van der Waals surface area contributed by atoms with Crippen molar-refractivity contribution in [3.8, 4) is 0 Å². The minimum absolute atomic E-state index is 0.00571. The first-order valence-corrected chi connectivity index (χ1v) is 11.9. The van der Waals surface area contributed by atoms with Gasteiger partial charge < -0.3 is 15.0 Å². The lowest BCUT2D eigenvalue weighted by Gasteiger charge is -2.34. The number of nitrogens with one attached hydrogen (secondary N) is 2. The Bertz CT molecular complexity index is 1190. The van der Waals surface area contributed by atoms with Crippen LogP contribution in [0.15, 0.2) is 69.6 Å². The van der Waals surface area contributed by atoms with Crippen LogP contribution < -0.4 is 10.6 Å². The maximum absolute atomic E-state index is 11.5. The number of benzene rings is 2. The van der Waals surface area contributed by atoms with Crippen molar-refractivity contribution in [2.24, 2.45) is 15.2 Å². The minimum Gasteiger partial charge on any atom is -0.378 e. The van der Waals surface area contributed by atoms with Crippen LogP contribution in [-0.4, -0.2) is 61.9 Å². The van der Waals surface area contributed by atoms with E-state index in [2.05, 4.69) is 15.5 Å². The monoisotopic (exact) mass is 470 g/mol. The third kappa shape index (κ3) is 4.75. The largest absolute Gasteiger partial charge is 0.378 e. The van der Waals surface area contributed by atoms with Gasteiger partial charge in [-0.3, -0.25) is 5.43 Å². The molecule has 0 spiro atoms. The zero-order chi connectivity index (χ0) is 22.7. The third-order valence-corrected chi connectivity index (χ3v) is 6.40. The van der Waals surface area contributed by atoms with Crippen LogP contribution in [0.25, 0.3) is 0 Å². The van der Waals surface area contributed by atoms with E-state index in [0.717, 1.165) is 5.56 Å². The summed E-state index contributed by atoms with van der Waals surface area (Å²) in [6.45, 7) is 2.34. The summed E-state index contributed by atoms with van der Waals surface area (Å²) in [5.41, 5.74) is 4.95. The van der Waals surface area contributed by atoms with Crippen LogP contribution in [0.3, 0.4) is 0 Å². The minimum atomic E-state index is -3.78. The highest BCUT2D eigenvalue weighted by Gasteiger charge is 2.36. The Hall–Kier alpha value is -2.99. The van der Waals surface area contributed by atoms with Crippen molar-refractivity contribution >= 4 is 50.2 Å². The first-order chi connectivity index (χ1) is 15.3. The highest BCUT2D eigenvalue weighted by molar-refractivity contribution is 7.89. The van der Waals surface area contributed by atoms with Gasteiger partial charge in [-0.1, -0.05) is 42.5 Å². The molecule has 1 atom stereocenters. The van der Waals surface area contributed by atoms with Gasteiger partial charge in [-0.15, -0.1) is 0 Å². The zero-order valence-electron chi connectivity index (χ0n) is 17.1. The van der Waals surface area contributed by atoms with E-state index in [1.165, 1.54) is 12.1 Å². The molecule has 2 aliphatic rings. The van der Waals surface area contributed by atoms with Crippen LogP contribution >= 0.6 is 12.2 Å². The fourth-order valence-corrected chi connectivity index (χ4v) is 4.36. The van der Waals surface area contributed by atoms with Gasteiger partial charge in [0.2, 0.25) is 10.0 Å². The van der Waals surface area contributed by atoms with Crippen molar-refractivity contribution < 1.29 is 13.2 Å². The van der Waals surface area contributed by atoms with Gasteiger partial charge in [0.15, 0.2) is 5.84 Å². The highest BCUT2D eigenvalue weighted by atomic mass is 32.2. The number of rotatable bonds is 4. The number of sulfonamides is 1. The van der Waals surface area contributed by atoms with Crippen molar-refractivity contribution in [1.82, 2.24) is 4.90 Å². The molecule has 9 nitrogen and oxygen atoms in total. The van der Waals surface area contributed by atoms with E-state index in [4.69, 9.17) is 27.5 Å². The molecule has 166 valence electrons. The van der Waals surface area contributed by atoms with Gasteiger partial charge in [0, 0.05) is 13.1 Å². The summed E-state index contributed by atoms with van der Waals surface area (Å²) in [6, 6.07) is 15.4. The van der Waals surface area contributed by atoms with Crippen molar-refractivity contribution in [1.29, 1.82) is 5.41 Å². The van der Waals surface area contributed by atoms with Crippen molar-refractivity contribution in [3.63, 3.8) is 0 Å². The fourth-order valence-electron chi connectivity index (χ4n) is 3.50. The SMILES string of the molecule is N=C1/C(=N\Nc2ccc(S(N)(=O)=O)cc2)C(N2CCOCC2)=NC(=S)C1c1ccccc1. The summed E-state index contributed by atoms with van der Waals surface area (Å²) in [4.78, 5) is 7.10. The number of hydrogen-bond acceptors (Lipinski definition) is 8. The molecule has 0 aromatic heterocycles. The van der Waals surface area contributed by atoms with E-state index in [9.17, 15) is 8.42 Å². The molecule has 2 heterocycles. The van der Waals surface area contributed by atoms with Crippen LogP contribution in [0.2, 0.25) is 0 Å².